The second-order valence-corrected chi connectivity index (χ2v) is 9.34. The molecule has 0 fully saturated rings. The maximum atomic E-state index is 13.2. The molecule has 0 spiro atoms. The molecule has 0 aliphatic carbocycles. The Bertz CT molecular complexity index is 837. The number of anilines is 2. The lowest BCUT2D eigenvalue weighted by Gasteiger charge is -2.29. The van der Waals surface area contributed by atoms with E-state index in [9.17, 15) is 9.32 Å². The van der Waals surface area contributed by atoms with Crippen LogP contribution >= 0.6 is 0 Å². The molecule has 1 aliphatic heterocycles. The van der Waals surface area contributed by atoms with Crippen molar-refractivity contribution in [2.24, 2.45) is 5.92 Å². The van der Waals surface area contributed by atoms with Crippen molar-refractivity contribution in [1.82, 2.24) is 0 Å². The van der Waals surface area contributed by atoms with Crippen LogP contribution in [-0.2, 0) is 10.8 Å². The van der Waals surface area contributed by atoms with Gasteiger partial charge in [0.15, 0.2) is 0 Å². The molecule has 2 aromatic carbocycles. The number of fused-ring (bicyclic) bond motifs is 1. The lowest BCUT2D eigenvalue weighted by molar-refractivity contribution is 0.0971. The van der Waals surface area contributed by atoms with Gasteiger partial charge in [-0.15, -0.1) is 0 Å². The van der Waals surface area contributed by atoms with E-state index < -0.39 is 16.9 Å². The molecule has 0 amide bonds. The maximum absolute atomic E-state index is 13.2. The first-order chi connectivity index (χ1) is 13.5. The van der Waals surface area contributed by atoms with Crippen LogP contribution in [0.25, 0.3) is 0 Å². The fraction of sp³-hybridized carbons (Fsp3) is 0.478. The van der Waals surface area contributed by atoms with Crippen LogP contribution < -0.4 is 10.2 Å². The van der Waals surface area contributed by atoms with E-state index >= 15 is 0 Å². The molecule has 2 aromatic rings. The smallest absolute Gasteiger partial charge is 0.0686 e. The molecule has 4 atom stereocenters. The number of rotatable bonds is 6. The number of hydrogen-bond donors (Lipinski definition) is 2. The van der Waals surface area contributed by atoms with Crippen molar-refractivity contribution in [3.05, 3.63) is 53.6 Å². The van der Waals surface area contributed by atoms with Crippen LogP contribution in [0, 0.1) is 5.92 Å². The number of nitrogens with zero attached hydrogens (tertiary/aromatic N) is 1. The summed E-state index contributed by atoms with van der Waals surface area (Å²) in [5.74, 6) is 0.369. The molecular weight excluding hydrogens is 368 g/mol. The zero-order valence-corrected chi connectivity index (χ0v) is 18.1. The zero-order chi connectivity index (χ0) is 20.3. The van der Waals surface area contributed by atoms with E-state index in [1.807, 2.05) is 45.4 Å². The van der Waals surface area contributed by atoms with Crippen LogP contribution in [0.15, 0.2) is 47.4 Å². The molecule has 152 valence electrons. The van der Waals surface area contributed by atoms with Crippen molar-refractivity contribution in [1.29, 1.82) is 0 Å². The third-order valence-electron chi connectivity index (χ3n) is 5.74. The molecule has 5 heteroatoms. The third kappa shape index (κ3) is 4.26. The van der Waals surface area contributed by atoms with Gasteiger partial charge in [-0.3, -0.25) is 4.21 Å². The highest BCUT2D eigenvalue weighted by Gasteiger charge is 2.37. The summed E-state index contributed by atoms with van der Waals surface area (Å²) in [6, 6.07) is 14.3. The first-order valence-corrected chi connectivity index (χ1v) is 11.4. The van der Waals surface area contributed by atoms with Gasteiger partial charge in [-0.2, -0.15) is 0 Å². The van der Waals surface area contributed by atoms with Gasteiger partial charge < -0.3 is 15.3 Å². The highest BCUT2D eigenvalue weighted by Crippen LogP contribution is 2.41. The SMILES string of the molecule is CCCCC1CS(=O)c2ccc(N(C)C)cc2C(c2cccc(NC)c2)C1O. The van der Waals surface area contributed by atoms with Crippen molar-refractivity contribution in [3.8, 4) is 0 Å². The Labute approximate surface area is 171 Å². The first kappa shape index (κ1) is 20.9. The molecule has 4 unspecified atom stereocenters. The zero-order valence-electron chi connectivity index (χ0n) is 17.3. The van der Waals surface area contributed by atoms with Gasteiger partial charge in [-0.05, 0) is 53.8 Å². The molecule has 1 aliphatic rings. The minimum Gasteiger partial charge on any atom is -0.392 e. The number of unbranched alkanes of at least 4 members (excludes halogenated alkanes) is 1. The summed E-state index contributed by atoms with van der Waals surface area (Å²) in [5, 5.41) is 14.7. The minimum atomic E-state index is -1.10. The topological polar surface area (TPSA) is 52.6 Å². The fourth-order valence-electron chi connectivity index (χ4n) is 4.09. The Hall–Kier alpha value is -1.85. The summed E-state index contributed by atoms with van der Waals surface area (Å²) < 4.78 is 13.2. The molecular formula is C23H32N2O2S. The number of nitrogens with one attached hydrogen (secondary N) is 1. The van der Waals surface area contributed by atoms with Gasteiger partial charge >= 0.3 is 0 Å². The molecule has 3 rings (SSSR count). The maximum Gasteiger partial charge on any atom is 0.0686 e. The lowest BCUT2D eigenvalue weighted by Crippen LogP contribution is -2.30. The molecule has 0 saturated heterocycles. The van der Waals surface area contributed by atoms with E-state index in [-0.39, 0.29) is 11.8 Å². The van der Waals surface area contributed by atoms with Gasteiger partial charge in [0.05, 0.1) is 16.9 Å². The second-order valence-electron chi connectivity index (χ2n) is 7.87. The molecule has 2 N–H and O–H groups in total. The standard InChI is InChI=1S/C23H32N2O2S/c1-5-6-8-17-15-28(27)21-12-11-19(25(3)4)14-20(21)22(23(17)26)16-9-7-10-18(13-16)24-2/h7,9-14,17,22-24,26H,5-6,8,15H2,1-4H3. The molecule has 4 nitrogen and oxygen atoms in total. The molecule has 0 bridgehead atoms. The second kappa shape index (κ2) is 9.10. The predicted octanol–water partition coefficient (Wildman–Crippen LogP) is 4.21. The highest BCUT2D eigenvalue weighted by molar-refractivity contribution is 7.85. The largest absolute Gasteiger partial charge is 0.392 e. The lowest BCUT2D eigenvalue weighted by atomic mass is 9.80. The van der Waals surface area contributed by atoms with E-state index in [2.05, 4.69) is 35.3 Å². The Morgan fingerprint density at radius 1 is 1.21 bits per heavy atom. The first-order valence-electron chi connectivity index (χ1n) is 10.1. The average molecular weight is 401 g/mol. The van der Waals surface area contributed by atoms with Crippen molar-refractivity contribution < 1.29 is 9.32 Å². The van der Waals surface area contributed by atoms with Gasteiger partial charge in [0.25, 0.3) is 0 Å². The third-order valence-corrected chi connectivity index (χ3v) is 7.34. The fourth-order valence-corrected chi connectivity index (χ4v) is 5.69. The number of aliphatic hydroxyl groups excluding tert-OH is 1. The Morgan fingerprint density at radius 2 is 2.00 bits per heavy atom. The van der Waals surface area contributed by atoms with Crippen LogP contribution in [-0.4, -0.2) is 42.3 Å². The molecule has 0 aromatic heterocycles. The molecule has 0 radical (unpaired) electrons. The summed E-state index contributed by atoms with van der Waals surface area (Å²) in [7, 11) is 4.81. The average Bonchev–Trinajstić information content (AvgIpc) is 2.80. The number of benzene rings is 2. The molecule has 0 saturated carbocycles. The van der Waals surface area contributed by atoms with Gasteiger partial charge in [-0.1, -0.05) is 31.9 Å². The van der Waals surface area contributed by atoms with E-state index in [0.717, 1.165) is 46.7 Å². The van der Waals surface area contributed by atoms with E-state index in [1.165, 1.54) is 0 Å². The minimum absolute atomic E-state index is 0.0271. The summed E-state index contributed by atoms with van der Waals surface area (Å²) >= 11 is 0. The van der Waals surface area contributed by atoms with Crippen LogP contribution in [0.5, 0.6) is 0 Å². The monoisotopic (exact) mass is 400 g/mol. The van der Waals surface area contributed by atoms with Crippen LogP contribution in [0.3, 0.4) is 0 Å². The van der Waals surface area contributed by atoms with Crippen LogP contribution in [0.1, 0.15) is 43.2 Å². The van der Waals surface area contributed by atoms with Gasteiger partial charge in [0.2, 0.25) is 0 Å². The van der Waals surface area contributed by atoms with Crippen LogP contribution in [0.2, 0.25) is 0 Å². The molecule has 1 heterocycles. The van der Waals surface area contributed by atoms with Crippen molar-refractivity contribution in [2.45, 2.75) is 43.1 Å². The van der Waals surface area contributed by atoms with Gasteiger partial charge in [0, 0.05) is 49.1 Å². The highest BCUT2D eigenvalue weighted by atomic mass is 32.2. The summed E-state index contributed by atoms with van der Waals surface area (Å²) in [5.41, 5.74) is 4.14. The normalized spacial score (nSPS) is 24.3. The van der Waals surface area contributed by atoms with Crippen molar-refractivity contribution in [3.63, 3.8) is 0 Å². The summed E-state index contributed by atoms with van der Waals surface area (Å²) in [4.78, 5) is 2.92. The number of hydrogen-bond acceptors (Lipinski definition) is 4. The molecule has 28 heavy (non-hydrogen) atoms. The van der Waals surface area contributed by atoms with Crippen molar-refractivity contribution in [2.75, 3.05) is 37.1 Å². The van der Waals surface area contributed by atoms with E-state index in [1.54, 1.807) is 0 Å². The van der Waals surface area contributed by atoms with Gasteiger partial charge in [-0.25, -0.2) is 0 Å². The Morgan fingerprint density at radius 3 is 2.68 bits per heavy atom. The predicted molar refractivity (Wildman–Crippen MR) is 119 cm³/mol. The van der Waals surface area contributed by atoms with E-state index in [4.69, 9.17) is 0 Å². The summed E-state index contributed by atoms with van der Waals surface area (Å²) in [6.07, 6.45) is 2.47. The van der Waals surface area contributed by atoms with Gasteiger partial charge in [0.1, 0.15) is 0 Å². The summed E-state index contributed by atoms with van der Waals surface area (Å²) in [6.45, 7) is 2.16. The van der Waals surface area contributed by atoms with Crippen molar-refractivity contribution >= 4 is 22.2 Å². The Kier molecular flexibility index (Phi) is 6.78. The van der Waals surface area contributed by atoms with Crippen LogP contribution in [0.4, 0.5) is 11.4 Å². The Balaban J connectivity index is 2.16. The number of aliphatic hydroxyl groups is 1. The van der Waals surface area contributed by atoms with E-state index in [0.29, 0.717) is 5.75 Å². The quantitative estimate of drug-likeness (QED) is 0.762.